The Morgan fingerprint density at radius 1 is 1.00 bits per heavy atom. The standard InChI is InChI=1S/C22H21N3O6/c1-30-22(29)18(13-15-5-3-2-4-6-15)25-20(27)14-31-21(28)16-7-9-17(10-8-16)24-19(26)11-12-23/h2-10,18H,11,13-14H2,1H3,(H,24,26)(H,25,27). The highest BCUT2D eigenvalue weighted by atomic mass is 16.5. The lowest BCUT2D eigenvalue weighted by Crippen LogP contribution is -2.44. The van der Waals surface area contributed by atoms with Gasteiger partial charge in [0.05, 0.1) is 18.7 Å². The molecule has 0 aliphatic rings. The molecule has 0 aliphatic carbocycles. The molecular weight excluding hydrogens is 402 g/mol. The molecule has 9 nitrogen and oxygen atoms in total. The van der Waals surface area contributed by atoms with Gasteiger partial charge in [0.1, 0.15) is 12.5 Å². The quantitative estimate of drug-likeness (QED) is 0.585. The van der Waals surface area contributed by atoms with E-state index in [1.165, 1.54) is 31.4 Å². The first-order valence-corrected chi connectivity index (χ1v) is 9.28. The SMILES string of the molecule is COC(=O)C(Cc1ccccc1)NC(=O)COC(=O)c1ccc(NC(=O)CC#N)cc1. The number of nitrogens with one attached hydrogen (secondary N) is 2. The van der Waals surface area contributed by atoms with Crippen molar-refractivity contribution in [3.05, 3.63) is 65.7 Å². The van der Waals surface area contributed by atoms with E-state index in [1.807, 2.05) is 30.3 Å². The van der Waals surface area contributed by atoms with Gasteiger partial charge >= 0.3 is 11.9 Å². The molecule has 2 amide bonds. The molecule has 0 radical (unpaired) electrons. The van der Waals surface area contributed by atoms with Crippen LogP contribution in [0.4, 0.5) is 5.69 Å². The number of benzene rings is 2. The summed E-state index contributed by atoms with van der Waals surface area (Å²) in [7, 11) is 1.22. The highest BCUT2D eigenvalue weighted by molar-refractivity contribution is 5.94. The summed E-state index contributed by atoms with van der Waals surface area (Å²) in [4.78, 5) is 47.6. The molecule has 31 heavy (non-hydrogen) atoms. The van der Waals surface area contributed by atoms with Crippen molar-refractivity contribution in [3.63, 3.8) is 0 Å². The molecule has 0 aliphatic heterocycles. The first kappa shape index (κ1) is 23.1. The maximum Gasteiger partial charge on any atom is 0.338 e. The van der Waals surface area contributed by atoms with E-state index in [2.05, 4.69) is 10.6 Å². The van der Waals surface area contributed by atoms with Gasteiger partial charge in [-0.15, -0.1) is 0 Å². The first-order chi connectivity index (χ1) is 14.9. The molecule has 2 aromatic rings. The van der Waals surface area contributed by atoms with Gasteiger partial charge < -0.3 is 20.1 Å². The van der Waals surface area contributed by atoms with Crippen molar-refractivity contribution >= 4 is 29.4 Å². The fourth-order valence-corrected chi connectivity index (χ4v) is 2.60. The van der Waals surface area contributed by atoms with Gasteiger partial charge in [-0.1, -0.05) is 30.3 Å². The summed E-state index contributed by atoms with van der Waals surface area (Å²) in [5, 5.41) is 13.5. The third-order valence-electron chi connectivity index (χ3n) is 4.08. The molecule has 2 rings (SSSR count). The maximum atomic E-state index is 12.2. The van der Waals surface area contributed by atoms with Crippen LogP contribution >= 0.6 is 0 Å². The second kappa shape index (κ2) is 11.7. The molecule has 0 bridgehead atoms. The van der Waals surface area contributed by atoms with E-state index in [0.29, 0.717) is 5.69 Å². The third-order valence-corrected chi connectivity index (χ3v) is 4.08. The molecule has 0 saturated carbocycles. The monoisotopic (exact) mass is 423 g/mol. The summed E-state index contributed by atoms with van der Waals surface area (Å²) in [6, 6.07) is 15.7. The zero-order valence-corrected chi connectivity index (χ0v) is 16.8. The zero-order valence-electron chi connectivity index (χ0n) is 16.8. The number of carbonyl (C=O) groups is 4. The Morgan fingerprint density at radius 3 is 2.29 bits per heavy atom. The summed E-state index contributed by atoms with van der Waals surface area (Å²) in [6.07, 6.45) is -0.0536. The Hall–Kier alpha value is -4.19. The van der Waals surface area contributed by atoms with Crippen molar-refractivity contribution < 1.29 is 28.7 Å². The van der Waals surface area contributed by atoms with Gasteiger partial charge in [-0.3, -0.25) is 9.59 Å². The number of ether oxygens (including phenoxy) is 2. The van der Waals surface area contributed by atoms with Gasteiger partial charge in [-0.25, -0.2) is 9.59 Å². The highest BCUT2D eigenvalue weighted by Gasteiger charge is 2.22. The average molecular weight is 423 g/mol. The van der Waals surface area contributed by atoms with Crippen LogP contribution in [0.5, 0.6) is 0 Å². The number of amides is 2. The van der Waals surface area contributed by atoms with Gasteiger partial charge in [-0.2, -0.15) is 5.26 Å². The van der Waals surface area contributed by atoms with Crippen LogP contribution in [0.2, 0.25) is 0 Å². The summed E-state index contributed by atoms with van der Waals surface area (Å²) in [5.41, 5.74) is 1.41. The normalized spacial score (nSPS) is 10.8. The van der Waals surface area contributed by atoms with E-state index in [4.69, 9.17) is 14.7 Å². The lowest BCUT2D eigenvalue weighted by atomic mass is 10.1. The van der Waals surface area contributed by atoms with Gasteiger partial charge in [0.25, 0.3) is 5.91 Å². The summed E-state index contributed by atoms with van der Waals surface area (Å²) in [6.45, 7) is -0.582. The van der Waals surface area contributed by atoms with Crippen LogP contribution in [0, 0.1) is 11.3 Å². The zero-order chi connectivity index (χ0) is 22.6. The van der Waals surface area contributed by atoms with E-state index in [-0.39, 0.29) is 18.4 Å². The van der Waals surface area contributed by atoms with E-state index >= 15 is 0 Å². The molecular formula is C22H21N3O6. The Kier molecular flexibility index (Phi) is 8.73. The van der Waals surface area contributed by atoms with Gasteiger partial charge in [0.15, 0.2) is 6.61 Å². The molecule has 2 N–H and O–H groups in total. The van der Waals surface area contributed by atoms with E-state index in [1.54, 1.807) is 6.07 Å². The van der Waals surface area contributed by atoms with Gasteiger partial charge in [0, 0.05) is 12.1 Å². The Morgan fingerprint density at radius 2 is 1.68 bits per heavy atom. The first-order valence-electron chi connectivity index (χ1n) is 9.28. The summed E-state index contributed by atoms with van der Waals surface area (Å²) >= 11 is 0. The van der Waals surface area contributed by atoms with Gasteiger partial charge in [-0.05, 0) is 29.8 Å². The van der Waals surface area contributed by atoms with Crippen LogP contribution in [0.3, 0.4) is 0 Å². The van der Waals surface area contributed by atoms with Crippen LogP contribution < -0.4 is 10.6 Å². The van der Waals surface area contributed by atoms with E-state index < -0.39 is 36.4 Å². The topological polar surface area (TPSA) is 135 Å². The predicted octanol–water partition coefficient (Wildman–Crippen LogP) is 1.60. The second-order valence-electron chi connectivity index (χ2n) is 6.37. The molecule has 9 heteroatoms. The second-order valence-corrected chi connectivity index (χ2v) is 6.37. The van der Waals surface area contributed by atoms with Crippen LogP contribution in [0.15, 0.2) is 54.6 Å². The molecule has 160 valence electrons. The van der Waals surface area contributed by atoms with E-state index in [9.17, 15) is 19.2 Å². The summed E-state index contributed by atoms with van der Waals surface area (Å²) < 4.78 is 9.71. The minimum absolute atomic E-state index is 0.167. The minimum Gasteiger partial charge on any atom is -0.467 e. The van der Waals surface area contributed by atoms with Crippen LogP contribution in [0.25, 0.3) is 0 Å². The molecule has 1 atom stereocenters. The fourth-order valence-electron chi connectivity index (χ4n) is 2.60. The lowest BCUT2D eigenvalue weighted by molar-refractivity contribution is -0.145. The molecule has 0 spiro atoms. The molecule has 0 heterocycles. The molecule has 1 unspecified atom stereocenters. The van der Waals surface area contributed by atoms with Crippen molar-refractivity contribution in [2.75, 3.05) is 19.0 Å². The number of hydrogen-bond donors (Lipinski definition) is 2. The number of carbonyl (C=O) groups excluding carboxylic acids is 4. The number of hydrogen-bond acceptors (Lipinski definition) is 7. The Balaban J connectivity index is 1.88. The van der Waals surface area contributed by atoms with Crippen molar-refractivity contribution in [2.24, 2.45) is 0 Å². The summed E-state index contributed by atoms with van der Waals surface area (Å²) in [5.74, 6) is -2.48. The van der Waals surface area contributed by atoms with Gasteiger partial charge in [0.2, 0.25) is 5.91 Å². The minimum atomic E-state index is -0.921. The number of esters is 2. The highest BCUT2D eigenvalue weighted by Crippen LogP contribution is 2.11. The molecule has 0 aromatic heterocycles. The van der Waals surface area contributed by atoms with Crippen molar-refractivity contribution in [3.8, 4) is 6.07 Å². The number of nitriles is 1. The van der Waals surface area contributed by atoms with Crippen molar-refractivity contribution in [1.82, 2.24) is 5.32 Å². The Bertz CT molecular complexity index is 967. The molecule has 0 saturated heterocycles. The van der Waals surface area contributed by atoms with Crippen LogP contribution in [-0.2, 0) is 30.3 Å². The maximum absolute atomic E-state index is 12.2. The average Bonchev–Trinajstić information content (AvgIpc) is 2.77. The molecule has 0 fully saturated rings. The predicted molar refractivity (Wildman–Crippen MR) is 110 cm³/mol. The molecule has 2 aromatic carbocycles. The number of nitrogens with zero attached hydrogens (tertiary/aromatic N) is 1. The van der Waals surface area contributed by atoms with Crippen molar-refractivity contribution in [1.29, 1.82) is 5.26 Å². The number of anilines is 1. The number of methoxy groups -OCH3 is 1. The third kappa shape index (κ3) is 7.62. The van der Waals surface area contributed by atoms with E-state index in [0.717, 1.165) is 5.56 Å². The van der Waals surface area contributed by atoms with Crippen LogP contribution in [0.1, 0.15) is 22.3 Å². The Labute approximate surface area is 179 Å². The van der Waals surface area contributed by atoms with Crippen molar-refractivity contribution in [2.45, 2.75) is 18.9 Å². The smallest absolute Gasteiger partial charge is 0.338 e. The fraction of sp³-hybridized carbons (Fsp3) is 0.227. The van der Waals surface area contributed by atoms with Crippen LogP contribution in [-0.4, -0.2) is 43.5 Å². The number of rotatable bonds is 9. The lowest BCUT2D eigenvalue weighted by Gasteiger charge is -2.16. The largest absolute Gasteiger partial charge is 0.467 e.